The van der Waals surface area contributed by atoms with Gasteiger partial charge in [-0.15, -0.1) is 0 Å². The van der Waals surface area contributed by atoms with Crippen molar-refractivity contribution in [3.63, 3.8) is 0 Å². The van der Waals surface area contributed by atoms with Crippen molar-refractivity contribution >= 4 is 17.6 Å². The molecule has 0 N–H and O–H groups in total. The summed E-state index contributed by atoms with van der Waals surface area (Å²) in [5, 5.41) is 8.83. The lowest BCUT2D eigenvalue weighted by Gasteiger charge is -2.20. The van der Waals surface area contributed by atoms with Gasteiger partial charge in [0, 0.05) is 6.04 Å². The van der Waals surface area contributed by atoms with Crippen LogP contribution in [-0.4, -0.2) is 29.4 Å². The summed E-state index contributed by atoms with van der Waals surface area (Å²) in [4.78, 5) is 26.6. The van der Waals surface area contributed by atoms with Crippen molar-refractivity contribution < 1.29 is 9.59 Å². The largest absolute Gasteiger partial charge is 0.332 e. The van der Waals surface area contributed by atoms with Gasteiger partial charge in [0.25, 0.3) is 5.91 Å². The van der Waals surface area contributed by atoms with Crippen LogP contribution in [0, 0.1) is 11.3 Å². The van der Waals surface area contributed by atoms with E-state index >= 15 is 0 Å². The van der Waals surface area contributed by atoms with Crippen molar-refractivity contribution in [1.82, 2.24) is 4.90 Å². The standard InChI is InChI=1S/C13H13N3O2/c1-9(2)15-8-12(17)16(13(15)18)11-5-3-4-10(6-11)7-14/h3-6,9H,8H2,1-2H3. The van der Waals surface area contributed by atoms with E-state index in [1.54, 1.807) is 24.3 Å². The fourth-order valence-corrected chi connectivity index (χ4v) is 1.89. The van der Waals surface area contributed by atoms with E-state index in [1.807, 2.05) is 19.9 Å². The van der Waals surface area contributed by atoms with Gasteiger partial charge < -0.3 is 4.90 Å². The summed E-state index contributed by atoms with van der Waals surface area (Å²) >= 11 is 0. The summed E-state index contributed by atoms with van der Waals surface area (Å²) in [5.74, 6) is -0.260. The van der Waals surface area contributed by atoms with E-state index in [0.29, 0.717) is 11.3 Å². The number of hydrogen-bond donors (Lipinski definition) is 0. The van der Waals surface area contributed by atoms with E-state index in [-0.39, 0.29) is 24.5 Å². The molecule has 0 spiro atoms. The minimum absolute atomic E-state index is 0.0226. The molecule has 2 rings (SSSR count). The van der Waals surface area contributed by atoms with E-state index in [9.17, 15) is 9.59 Å². The summed E-state index contributed by atoms with van der Waals surface area (Å²) in [6.07, 6.45) is 0. The predicted octanol–water partition coefficient (Wildman–Crippen LogP) is 1.74. The van der Waals surface area contributed by atoms with Gasteiger partial charge in [0.2, 0.25) is 0 Å². The first-order valence-corrected chi connectivity index (χ1v) is 5.68. The lowest BCUT2D eigenvalue weighted by Crippen LogP contribution is -2.36. The topological polar surface area (TPSA) is 64.4 Å². The number of urea groups is 1. The molecular weight excluding hydrogens is 230 g/mol. The molecule has 1 aliphatic rings. The smallest absolute Gasteiger partial charge is 0.312 e. The van der Waals surface area contributed by atoms with Crippen molar-refractivity contribution in [2.75, 3.05) is 11.4 Å². The van der Waals surface area contributed by atoms with Gasteiger partial charge in [-0.3, -0.25) is 4.79 Å². The molecule has 92 valence electrons. The molecule has 0 atom stereocenters. The number of carbonyl (C=O) groups is 2. The Labute approximate surface area is 105 Å². The maximum absolute atomic E-state index is 12.1. The molecule has 1 aromatic carbocycles. The molecule has 1 aliphatic heterocycles. The summed E-state index contributed by atoms with van der Waals surface area (Å²) in [6.45, 7) is 3.81. The summed E-state index contributed by atoms with van der Waals surface area (Å²) in [7, 11) is 0. The Morgan fingerprint density at radius 3 is 2.61 bits per heavy atom. The predicted molar refractivity (Wildman–Crippen MR) is 65.9 cm³/mol. The molecule has 0 bridgehead atoms. The van der Waals surface area contributed by atoms with Gasteiger partial charge in [-0.25, -0.2) is 9.69 Å². The fourth-order valence-electron chi connectivity index (χ4n) is 1.89. The maximum atomic E-state index is 12.1. The van der Waals surface area contributed by atoms with Crippen LogP contribution in [0.25, 0.3) is 0 Å². The number of benzene rings is 1. The number of carbonyl (C=O) groups excluding carboxylic acids is 2. The number of nitriles is 1. The van der Waals surface area contributed by atoms with Crippen molar-refractivity contribution in [3.05, 3.63) is 29.8 Å². The third-order valence-corrected chi connectivity index (χ3v) is 2.85. The Bertz CT molecular complexity index is 545. The molecule has 0 saturated carbocycles. The number of hydrogen-bond acceptors (Lipinski definition) is 3. The molecule has 1 aromatic rings. The average molecular weight is 243 g/mol. The molecule has 1 heterocycles. The molecule has 5 nitrogen and oxygen atoms in total. The van der Waals surface area contributed by atoms with Gasteiger partial charge in [0.15, 0.2) is 0 Å². The van der Waals surface area contributed by atoms with E-state index in [1.165, 1.54) is 4.90 Å². The monoisotopic (exact) mass is 243 g/mol. The molecule has 3 amide bonds. The third-order valence-electron chi connectivity index (χ3n) is 2.85. The first kappa shape index (κ1) is 12.1. The highest BCUT2D eigenvalue weighted by Gasteiger charge is 2.38. The van der Waals surface area contributed by atoms with Crippen LogP contribution in [0.5, 0.6) is 0 Å². The van der Waals surface area contributed by atoms with Crippen LogP contribution in [0.15, 0.2) is 24.3 Å². The molecule has 5 heteroatoms. The van der Waals surface area contributed by atoms with Crippen molar-refractivity contribution in [2.45, 2.75) is 19.9 Å². The second-order valence-electron chi connectivity index (χ2n) is 4.40. The van der Waals surface area contributed by atoms with Gasteiger partial charge in [-0.05, 0) is 32.0 Å². The van der Waals surface area contributed by atoms with Gasteiger partial charge in [-0.1, -0.05) is 6.07 Å². The van der Waals surface area contributed by atoms with Crippen molar-refractivity contribution in [2.24, 2.45) is 0 Å². The van der Waals surface area contributed by atoms with E-state index in [2.05, 4.69) is 0 Å². The Kier molecular flexibility index (Phi) is 3.02. The Morgan fingerprint density at radius 1 is 1.33 bits per heavy atom. The Balaban J connectivity index is 2.36. The SMILES string of the molecule is CC(C)N1CC(=O)N(c2cccc(C#N)c2)C1=O. The second-order valence-corrected chi connectivity index (χ2v) is 4.40. The summed E-state index contributed by atoms with van der Waals surface area (Å²) < 4.78 is 0. The van der Waals surface area contributed by atoms with Crippen molar-refractivity contribution in [3.8, 4) is 6.07 Å². The zero-order valence-electron chi connectivity index (χ0n) is 10.3. The highest BCUT2D eigenvalue weighted by Crippen LogP contribution is 2.23. The lowest BCUT2D eigenvalue weighted by molar-refractivity contribution is -0.116. The van der Waals surface area contributed by atoms with Crippen LogP contribution >= 0.6 is 0 Å². The van der Waals surface area contributed by atoms with Gasteiger partial charge in [-0.2, -0.15) is 5.26 Å². The van der Waals surface area contributed by atoms with Crippen molar-refractivity contribution in [1.29, 1.82) is 5.26 Å². The number of rotatable bonds is 2. The summed E-state index contributed by atoms with van der Waals surface area (Å²) in [6, 6.07) is 8.13. The number of nitrogens with zero attached hydrogens (tertiary/aromatic N) is 3. The normalized spacial score (nSPS) is 15.4. The van der Waals surface area contributed by atoms with Crippen LogP contribution in [0.3, 0.4) is 0 Å². The molecule has 0 aliphatic carbocycles. The highest BCUT2D eigenvalue weighted by atomic mass is 16.2. The molecule has 1 fully saturated rings. The van der Waals surface area contributed by atoms with E-state index < -0.39 is 0 Å². The highest BCUT2D eigenvalue weighted by molar-refractivity contribution is 6.19. The van der Waals surface area contributed by atoms with Gasteiger partial charge in [0.05, 0.1) is 17.3 Å². The van der Waals surface area contributed by atoms with Crippen LogP contribution in [-0.2, 0) is 4.79 Å². The second kappa shape index (κ2) is 4.49. The first-order chi connectivity index (χ1) is 8.54. The zero-order valence-corrected chi connectivity index (χ0v) is 10.3. The van der Waals surface area contributed by atoms with Crippen LogP contribution in [0.1, 0.15) is 19.4 Å². The molecule has 0 radical (unpaired) electrons. The molecule has 0 unspecified atom stereocenters. The minimum Gasteiger partial charge on any atom is -0.312 e. The minimum atomic E-state index is -0.329. The van der Waals surface area contributed by atoms with Crippen LogP contribution in [0.2, 0.25) is 0 Å². The molecule has 0 aromatic heterocycles. The molecule has 18 heavy (non-hydrogen) atoms. The van der Waals surface area contributed by atoms with E-state index in [0.717, 1.165) is 4.90 Å². The maximum Gasteiger partial charge on any atom is 0.332 e. The van der Waals surface area contributed by atoms with Crippen LogP contribution < -0.4 is 4.90 Å². The Morgan fingerprint density at radius 2 is 2.06 bits per heavy atom. The zero-order chi connectivity index (χ0) is 13.3. The summed E-state index contributed by atoms with van der Waals surface area (Å²) in [5.41, 5.74) is 0.878. The van der Waals surface area contributed by atoms with E-state index in [4.69, 9.17) is 5.26 Å². The fraction of sp³-hybridized carbons (Fsp3) is 0.308. The number of imide groups is 1. The Hall–Kier alpha value is -2.35. The lowest BCUT2D eigenvalue weighted by atomic mass is 10.2. The first-order valence-electron chi connectivity index (χ1n) is 5.68. The molecule has 1 saturated heterocycles. The van der Waals surface area contributed by atoms with Crippen LogP contribution in [0.4, 0.5) is 10.5 Å². The number of amides is 3. The number of anilines is 1. The van der Waals surface area contributed by atoms with Gasteiger partial charge >= 0.3 is 6.03 Å². The van der Waals surface area contributed by atoms with Gasteiger partial charge in [0.1, 0.15) is 6.54 Å². The quantitative estimate of drug-likeness (QED) is 0.743. The average Bonchev–Trinajstić information content (AvgIpc) is 2.65. The third kappa shape index (κ3) is 1.93. The molecular formula is C13H13N3O2.